The fraction of sp³-hybridized carbons (Fsp3) is 0.765. The molecule has 2 aliphatic rings. The van der Waals surface area contributed by atoms with E-state index in [0.29, 0.717) is 6.04 Å². The third kappa shape index (κ3) is 3.50. The Morgan fingerprint density at radius 2 is 2.00 bits per heavy atom. The summed E-state index contributed by atoms with van der Waals surface area (Å²) >= 11 is 0. The maximum atomic E-state index is 5.18. The van der Waals surface area contributed by atoms with Gasteiger partial charge in [-0.05, 0) is 50.9 Å². The monoisotopic (exact) mass is 291 g/mol. The first-order valence-electron chi connectivity index (χ1n) is 8.38. The van der Waals surface area contributed by atoms with Crippen LogP contribution < -0.4 is 0 Å². The summed E-state index contributed by atoms with van der Waals surface area (Å²) in [5.41, 5.74) is 1.48. The van der Waals surface area contributed by atoms with E-state index in [4.69, 9.17) is 4.74 Å². The van der Waals surface area contributed by atoms with E-state index < -0.39 is 0 Å². The van der Waals surface area contributed by atoms with Crippen molar-refractivity contribution in [1.29, 1.82) is 0 Å². The van der Waals surface area contributed by atoms with Gasteiger partial charge in [0.1, 0.15) is 0 Å². The molecule has 4 nitrogen and oxygen atoms in total. The molecule has 0 spiro atoms. The first-order chi connectivity index (χ1) is 10.3. The number of fused-ring (bicyclic) bond motifs is 1. The Hall–Kier alpha value is -0.840. The largest absolute Gasteiger partial charge is 0.383 e. The van der Waals surface area contributed by atoms with Crippen LogP contribution in [0.2, 0.25) is 0 Å². The molecule has 1 aromatic rings. The van der Waals surface area contributed by atoms with Crippen LogP contribution in [0.1, 0.15) is 31.5 Å². The molecule has 0 amide bonds. The summed E-state index contributed by atoms with van der Waals surface area (Å²) in [5.74, 6) is 0.868. The Morgan fingerprint density at radius 1 is 1.19 bits per heavy atom. The lowest BCUT2D eigenvalue weighted by atomic mass is 9.95. The number of nitrogens with zero attached hydrogens (tertiary/aromatic N) is 3. The van der Waals surface area contributed by atoms with Crippen LogP contribution in [0.3, 0.4) is 0 Å². The quantitative estimate of drug-likeness (QED) is 0.830. The van der Waals surface area contributed by atoms with Crippen molar-refractivity contribution in [2.24, 2.45) is 5.92 Å². The lowest BCUT2D eigenvalue weighted by molar-refractivity contribution is 0.0885. The van der Waals surface area contributed by atoms with Crippen molar-refractivity contribution < 1.29 is 4.74 Å². The Kier molecular flexibility index (Phi) is 4.99. The van der Waals surface area contributed by atoms with Crippen molar-refractivity contribution >= 4 is 0 Å². The predicted octanol–water partition coefficient (Wildman–Crippen LogP) is 2.22. The van der Waals surface area contributed by atoms with E-state index >= 15 is 0 Å². The van der Waals surface area contributed by atoms with Crippen molar-refractivity contribution in [3.05, 3.63) is 24.0 Å². The number of rotatable bonds is 5. The van der Waals surface area contributed by atoms with Gasteiger partial charge in [0.25, 0.3) is 0 Å². The molecule has 0 N–H and O–H groups in total. The summed E-state index contributed by atoms with van der Waals surface area (Å²) in [7, 11) is 1.79. The van der Waals surface area contributed by atoms with Crippen molar-refractivity contribution in [2.45, 2.75) is 32.4 Å². The summed E-state index contributed by atoms with van der Waals surface area (Å²) in [6.07, 6.45) is 4.90. The summed E-state index contributed by atoms with van der Waals surface area (Å²) in [5, 5.41) is 0. The first kappa shape index (κ1) is 15.1. The molecule has 21 heavy (non-hydrogen) atoms. The maximum Gasteiger partial charge on any atom is 0.0589 e. The minimum atomic E-state index is 0.570. The molecule has 1 atom stereocenters. The van der Waals surface area contributed by atoms with Crippen LogP contribution in [0, 0.1) is 5.92 Å². The van der Waals surface area contributed by atoms with E-state index in [0.717, 1.165) is 25.6 Å². The minimum Gasteiger partial charge on any atom is -0.383 e. The number of methoxy groups -OCH3 is 1. The zero-order chi connectivity index (χ0) is 14.7. The molecule has 0 aromatic carbocycles. The number of ether oxygens (including phenoxy) is 1. The fourth-order valence-corrected chi connectivity index (χ4v) is 3.82. The van der Waals surface area contributed by atoms with E-state index in [1.807, 2.05) is 0 Å². The van der Waals surface area contributed by atoms with Crippen molar-refractivity contribution in [3.8, 4) is 0 Å². The van der Waals surface area contributed by atoms with Gasteiger partial charge in [0, 0.05) is 51.2 Å². The topological polar surface area (TPSA) is 20.6 Å². The molecule has 0 bridgehead atoms. The molecule has 3 rings (SSSR count). The minimum absolute atomic E-state index is 0.570. The molecule has 0 radical (unpaired) electrons. The highest BCUT2D eigenvalue weighted by atomic mass is 16.5. The van der Waals surface area contributed by atoms with E-state index in [9.17, 15) is 0 Å². The third-order valence-corrected chi connectivity index (χ3v) is 5.28. The van der Waals surface area contributed by atoms with Gasteiger partial charge in [-0.25, -0.2) is 0 Å². The van der Waals surface area contributed by atoms with Gasteiger partial charge in [-0.2, -0.15) is 0 Å². The van der Waals surface area contributed by atoms with Crippen molar-refractivity contribution in [2.75, 3.05) is 46.4 Å². The molecule has 2 aliphatic heterocycles. The van der Waals surface area contributed by atoms with Crippen LogP contribution in [-0.4, -0.2) is 60.8 Å². The Morgan fingerprint density at radius 3 is 2.76 bits per heavy atom. The summed E-state index contributed by atoms with van der Waals surface area (Å²) in [4.78, 5) is 5.23. The van der Waals surface area contributed by atoms with Crippen LogP contribution in [0.5, 0.6) is 0 Å². The molecule has 0 saturated carbocycles. The summed E-state index contributed by atoms with van der Waals surface area (Å²) in [6.45, 7) is 10.4. The molecule has 0 aliphatic carbocycles. The SMILES string of the molecule is COCCN1CCC(CN2CCn3cccc3[C@H]2C)CC1. The van der Waals surface area contributed by atoms with E-state index in [1.165, 1.54) is 44.7 Å². The number of likely N-dealkylation sites (tertiary alicyclic amines) is 1. The second kappa shape index (κ2) is 6.95. The van der Waals surface area contributed by atoms with Gasteiger partial charge < -0.3 is 14.2 Å². The van der Waals surface area contributed by atoms with Crippen LogP contribution in [0.15, 0.2) is 18.3 Å². The standard InChI is InChI=1S/C17H29N3O/c1-15-17-4-3-7-19(17)10-11-20(15)14-16-5-8-18(9-6-16)12-13-21-2/h3-4,7,15-16H,5-6,8-14H2,1-2H3/t15-/m1/s1. The fourth-order valence-electron chi connectivity index (χ4n) is 3.82. The lowest BCUT2D eigenvalue weighted by Gasteiger charge is -2.39. The summed E-state index contributed by atoms with van der Waals surface area (Å²) < 4.78 is 7.59. The molecular formula is C17H29N3O. The lowest BCUT2D eigenvalue weighted by Crippen LogP contribution is -2.43. The van der Waals surface area contributed by atoms with Gasteiger partial charge >= 0.3 is 0 Å². The van der Waals surface area contributed by atoms with Crippen LogP contribution in [0.4, 0.5) is 0 Å². The molecule has 1 saturated heterocycles. The van der Waals surface area contributed by atoms with Crippen LogP contribution >= 0.6 is 0 Å². The zero-order valence-electron chi connectivity index (χ0n) is 13.5. The molecule has 4 heteroatoms. The van der Waals surface area contributed by atoms with Crippen LogP contribution in [-0.2, 0) is 11.3 Å². The number of piperidine rings is 1. The van der Waals surface area contributed by atoms with Gasteiger partial charge in [0.15, 0.2) is 0 Å². The highest BCUT2D eigenvalue weighted by molar-refractivity contribution is 5.13. The predicted molar refractivity (Wildman–Crippen MR) is 85.5 cm³/mol. The first-order valence-corrected chi connectivity index (χ1v) is 8.38. The maximum absolute atomic E-state index is 5.18. The van der Waals surface area contributed by atoms with Crippen LogP contribution in [0.25, 0.3) is 0 Å². The third-order valence-electron chi connectivity index (χ3n) is 5.28. The van der Waals surface area contributed by atoms with Gasteiger partial charge in [0.05, 0.1) is 6.61 Å². The molecule has 118 valence electrons. The smallest absolute Gasteiger partial charge is 0.0589 e. The normalized spacial score (nSPS) is 25.1. The van der Waals surface area contributed by atoms with Gasteiger partial charge in [-0.15, -0.1) is 0 Å². The number of hydrogen-bond donors (Lipinski definition) is 0. The average molecular weight is 291 g/mol. The number of hydrogen-bond acceptors (Lipinski definition) is 3. The zero-order valence-corrected chi connectivity index (χ0v) is 13.5. The summed E-state index contributed by atoms with van der Waals surface area (Å²) in [6, 6.07) is 5.04. The Balaban J connectivity index is 1.48. The van der Waals surface area contributed by atoms with Gasteiger partial charge in [-0.1, -0.05) is 0 Å². The molecule has 1 aromatic heterocycles. The number of aromatic nitrogens is 1. The highest BCUT2D eigenvalue weighted by Gasteiger charge is 2.27. The van der Waals surface area contributed by atoms with E-state index in [-0.39, 0.29) is 0 Å². The van der Waals surface area contributed by atoms with Crippen molar-refractivity contribution in [3.63, 3.8) is 0 Å². The van der Waals surface area contributed by atoms with E-state index in [1.54, 1.807) is 7.11 Å². The second-order valence-corrected chi connectivity index (χ2v) is 6.58. The average Bonchev–Trinajstić information content (AvgIpc) is 2.99. The molecule has 0 unspecified atom stereocenters. The molecule has 3 heterocycles. The molecular weight excluding hydrogens is 262 g/mol. The molecule has 1 fully saturated rings. The van der Waals surface area contributed by atoms with Gasteiger partial charge in [-0.3, -0.25) is 4.90 Å². The van der Waals surface area contributed by atoms with Crippen molar-refractivity contribution in [1.82, 2.24) is 14.4 Å². The highest BCUT2D eigenvalue weighted by Crippen LogP contribution is 2.28. The Labute approximate surface area is 128 Å². The second-order valence-electron chi connectivity index (χ2n) is 6.58. The Bertz CT molecular complexity index is 437. The van der Waals surface area contributed by atoms with Gasteiger partial charge in [0.2, 0.25) is 0 Å². The van der Waals surface area contributed by atoms with E-state index in [2.05, 4.69) is 39.6 Å².